The van der Waals surface area contributed by atoms with E-state index >= 15 is 0 Å². The first-order valence-corrected chi connectivity index (χ1v) is 5.31. The normalized spacial score (nSPS) is 11.8. The molecular formula is C12H11F3N2O. The maximum Gasteiger partial charge on any atom is 0.416 e. The van der Waals surface area contributed by atoms with Crippen molar-refractivity contribution in [1.29, 1.82) is 0 Å². The van der Waals surface area contributed by atoms with E-state index in [0.717, 1.165) is 12.1 Å². The molecule has 1 aromatic heterocycles. The predicted octanol–water partition coefficient (Wildman–Crippen LogP) is 2.56. The molecule has 96 valence electrons. The first kappa shape index (κ1) is 12.6. The minimum absolute atomic E-state index is 0.0658. The van der Waals surface area contributed by atoms with Crippen molar-refractivity contribution in [2.75, 3.05) is 6.61 Å². The number of hydrogen-bond donors (Lipinski definition) is 1. The molecule has 0 aliphatic rings. The molecule has 1 aromatic carbocycles. The van der Waals surface area contributed by atoms with Crippen molar-refractivity contribution >= 4 is 0 Å². The number of alkyl halides is 3. The largest absolute Gasteiger partial charge is 0.416 e. The van der Waals surface area contributed by atoms with Gasteiger partial charge in [-0.15, -0.1) is 0 Å². The van der Waals surface area contributed by atoms with Crippen LogP contribution in [0, 0.1) is 0 Å². The van der Waals surface area contributed by atoms with Crippen molar-refractivity contribution in [3.8, 4) is 11.1 Å². The fraction of sp³-hybridized carbons (Fsp3) is 0.250. The first-order chi connectivity index (χ1) is 8.50. The quantitative estimate of drug-likeness (QED) is 0.916. The molecule has 0 radical (unpaired) electrons. The summed E-state index contributed by atoms with van der Waals surface area (Å²) in [6.45, 7) is 0.253. The second kappa shape index (κ2) is 4.81. The molecule has 0 spiro atoms. The Morgan fingerprint density at radius 3 is 2.67 bits per heavy atom. The van der Waals surface area contributed by atoms with E-state index < -0.39 is 11.7 Å². The highest BCUT2D eigenvalue weighted by molar-refractivity contribution is 5.62. The Bertz CT molecular complexity index is 534. The zero-order valence-electron chi connectivity index (χ0n) is 9.35. The van der Waals surface area contributed by atoms with Crippen molar-refractivity contribution in [1.82, 2.24) is 9.78 Å². The maximum absolute atomic E-state index is 12.6. The van der Waals surface area contributed by atoms with E-state index in [1.165, 1.54) is 16.9 Å². The van der Waals surface area contributed by atoms with Crippen LogP contribution in [0.3, 0.4) is 0 Å². The van der Waals surface area contributed by atoms with Crippen molar-refractivity contribution < 1.29 is 18.3 Å². The molecule has 6 heteroatoms. The topological polar surface area (TPSA) is 38.0 Å². The predicted molar refractivity (Wildman–Crippen MR) is 59.8 cm³/mol. The monoisotopic (exact) mass is 256 g/mol. The Labute approximate surface area is 101 Å². The highest BCUT2D eigenvalue weighted by Crippen LogP contribution is 2.31. The highest BCUT2D eigenvalue weighted by atomic mass is 19.4. The molecular weight excluding hydrogens is 245 g/mol. The average Bonchev–Trinajstić information content (AvgIpc) is 2.77. The Hall–Kier alpha value is -1.82. The highest BCUT2D eigenvalue weighted by Gasteiger charge is 2.30. The van der Waals surface area contributed by atoms with Crippen LogP contribution in [0.5, 0.6) is 0 Å². The van der Waals surface area contributed by atoms with Gasteiger partial charge in [0.1, 0.15) is 0 Å². The Morgan fingerprint density at radius 1 is 1.22 bits per heavy atom. The van der Waals surface area contributed by atoms with Crippen molar-refractivity contribution in [3.63, 3.8) is 0 Å². The maximum atomic E-state index is 12.6. The van der Waals surface area contributed by atoms with Crippen LogP contribution in [0.25, 0.3) is 11.1 Å². The summed E-state index contributed by atoms with van der Waals surface area (Å²) in [6.07, 6.45) is -1.27. The van der Waals surface area contributed by atoms with Crippen LogP contribution in [0.15, 0.2) is 36.7 Å². The molecule has 1 N–H and O–H groups in total. The average molecular weight is 256 g/mol. The molecule has 0 saturated carbocycles. The van der Waals surface area contributed by atoms with Gasteiger partial charge in [0.15, 0.2) is 0 Å². The third-order valence-electron chi connectivity index (χ3n) is 2.49. The summed E-state index contributed by atoms with van der Waals surface area (Å²) in [4.78, 5) is 0. The summed E-state index contributed by atoms with van der Waals surface area (Å²) in [5.41, 5.74) is 0.360. The summed E-state index contributed by atoms with van der Waals surface area (Å²) in [5.74, 6) is 0. The molecule has 2 aromatic rings. The lowest BCUT2D eigenvalue weighted by Crippen LogP contribution is -2.04. The van der Waals surface area contributed by atoms with Crippen LogP contribution in [-0.2, 0) is 12.7 Å². The second-order valence-electron chi connectivity index (χ2n) is 3.79. The van der Waals surface area contributed by atoms with Crippen LogP contribution < -0.4 is 0 Å². The summed E-state index contributed by atoms with van der Waals surface area (Å²) >= 11 is 0. The van der Waals surface area contributed by atoms with Crippen LogP contribution in [-0.4, -0.2) is 21.5 Å². The third kappa shape index (κ3) is 2.70. The molecule has 0 saturated heterocycles. The standard InChI is InChI=1S/C12H11F3N2O/c13-12(14,15)11-3-1-2-9(6-11)10-7-16-17(8-10)4-5-18/h1-3,6-8,18H,4-5H2. The molecule has 3 nitrogen and oxygen atoms in total. The summed E-state index contributed by atoms with van der Waals surface area (Å²) in [5, 5.41) is 12.7. The zero-order valence-corrected chi connectivity index (χ0v) is 9.35. The fourth-order valence-electron chi connectivity index (χ4n) is 1.61. The van der Waals surface area contributed by atoms with Crippen LogP contribution in [0.4, 0.5) is 13.2 Å². The lowest BCUT2D eigenvalue weighted by atomic mass is 10.1. The molecule has 18 heavy (non-hydrogen) atoms. The third-order valence-corrected chi connectivity index (χ3v) is 2.49. The van der Waals surface area contributed by atoms with Gasteiger partial charge in [0.25, 0.3) is 0 Å². The van der Waals surface area contributed by atoms with Gasteiger partial charge in [0.2, 0.25) is 0 Å². The van der Waals surface area contributed by atoms with Gasteiger partial charge in [-0.1, -0.05) is 12.1 Å². The number of nitrogens with zero attached hydrogens (tertiary/aromatic N) is 2. The molecule has 0 fully saturated rings. The zero-order chi connectivity index (χ0) is 13.2. The number of aliphatic hydroxyl groups excluding tert-OH is 1. The van der Waals surface area contributed by atoms with Gasteiger partial charge in [0.05, 0.1) is 24.9 Å². The minimum atomic E-state index is -4.35. The molecule has 2 rings (SSSR count). The summed E-state index contributed by atoms with van der Waals surface area (Å²) in [7, 11) is 0. The first-order valence-electron chi connectivity index (χ1n) is 5.31. The van der Waals surface area contributed by atoms with E-state index in [4.69, 9.17) is 5.11 Å². The van der Waals surface area contributed by atoms with Gasteiger partial charge < -0.3 is 5.11 Å². The van der Waals surface area contributed by atoms with Gasteiger partial charge in [0, 0.05) is 11.8 Å². The molecule has 0 amide bonds. The van der Waals surface area contributed by atoms with Crippen LogP contribution in [0.2, 0.25) is 0 Å². The van der Waals surface area contributed by atoms with E-state index in [1.807, 2.05) is 0 Å². The van der Waals surface area contributed by atoms with Crippen molar-refractivity contribution in [2.45, 2.75) is 12.7 Å². The van der Waals surface area contributed by atoms with Gasteiger partial charge in [-0.05, 0) is 17.7 Å². The second-order valence-corrected chi connectivity index (χ2v) is 3.79. The van der Waals surface area contributed by atoms with Crippen LogP contribution in [0.1, 0.15) is 5.56 Å². The minimum Gasteiger partial charge on any atom is -0.394 e. The number of hydrogen-bond acceptors (Lipinski definition) is 2. The summed E-state index contributed by atoms with van der Waals surface area (Å²) in [6, 6.07) is 5.07. The molecule has 0 aliphatic heterocycles. The number of aliphatic hydroxyl groups is 1. The SMILES string of the molecule is OCCn1cc(-c2cccc(C(F)(F)F)c2)cn1. The Morgan fingerprint density at radius 2 is 2.00 bits per heavy atom. The smallest absolute Gasteiger partial charge is 0.394 e. The van der Waals surface area contributed by atoms with E-state index in [0.29, 0.717) is 17.7 Å². The van der Waals surface area contributed by atoms with Crippen molar-refractivity contribution in [3.05, 3.63) is 42.2 Å². The molecule has 0 unspecified atom stereocenters. The summed E-state index contributed by atoms with van der Waals surface area (Å²) < 4.78 is 39.1. The molecule has 0 atom stereocenters. The number of benzene rings is 1. The number of aromatic nitrogens is 2. The lowest BCUT2D eigenvalue weighted by Gasteiger charge is -2.07. The molecule has 1 heterocycles. The van der Waals surface area contributed by atoms with E-state index in [2.05, 4.69) is 5.10 Å². The Kier molecular flexibility index (Phi) is 3.38. The molecule has 0 bridgehead atoms. The van der Waals surface area contributed by atoms with Gasteiger partial charge >= 0.3 is 6.18 Å². The van der Waals surface area contributed by atoms with Gasteiger partial charge in [-0.25, -0.2) is 0 Å². The van der Waals surface area contributed by atoms with E-state index in [-0.39, 0.29) is 6.61 Å². The van der Waals surface area contributed by atoms with Gasteiger partial charge in [-0.3, -0.25) is 4.68 Å². The lowest BCUT2D eigenvalue weighted by molar-refractivity contribution is -0.137. The van der Waals surface area contributed by atoms with E-state index in [1.54, 1.807) is 12.3 Å². The van der Waals surface area contributed by atoms with Crippen LogP contribution >= 0.6 is 0 Å². The fourth-order valence-corrected chi connectivity index (χ4v) is 1.61. The van der Waals surface area contributed by atoms with Gasteiger partial charge in [-0.2, -0.15) is 18.3 Å². The Balaban J connectivity index is 2.32. The van der Waals surface area contributed by atoms with Crippen molar-refractivity contribution in [2.24, 2.45) is 0 Å². The number of halogens is 3. The molecule has 0 aliphatic carbocycles. The number of rotatable bonds is 3. The van der Waals surface area contributed by atoms with E-state index in [9.17, 15) is 13.2 Å².